The molecule has 10 heteroatoms. The zero-order valence-electron chi connectivity index (χ0n) is 25.2. The summed E-state index contributed by atoms with van der Waals surface area (Å²) in [6.07, 6.45) is 1.94. The first-order chi connectivity index (χ1) is 21.2. The Balaban J connectivity index is 1.30. The average molecular weight is 595 g/mol. The van der Waals surface area contributed by atoms with Crippen molar-refractivity contribution in [3.8, 4) is 16.9 Å². The molecular weight excluding hydrogens is 559 g/mol. The van der Waals surface area contributed by atoms with Crippen molar-refractivity contribution < 1.29 is 18.7 Å². The van der Waals surface area contributed by atoms with Crippen molar-refractivity contribution in [3.63, 3.8) is 0 Å². The van der Waals surface area contributed by atoms with Crippen molar-refractivity contribution >= 4 is 34.8 Å². The highest BCUT2D eigenvalue weighted by Crippen LogP contribution is 2.30. The van der Waals surface area contributed by atoms with Crippen LogP contribution in [0.1, 0.15) is 43.6 Å². The summed E-state index contributed by atoms with van der Waals surface area (Å²) in [5, 5.41) is 10.7. The van der Waals surface area contributed by atoms with E-state index < -0.39 is 0 Å². The van der Waals surface area contributed by atoms with Gasteiger partial charge in [0.25, 0.3) is 5.91 Å². The first-order valence-electron chi connectivity index (χ1n) is 14.6. The molecule has 9 nitrogen and oxygen atoms in total. The maximum atomic E-state index is 13.1. The standard InChI is InChI=1S/C34H35FN6O3/c1-5-40(6-2)33(43)25-11-17-29(30(20-25)44-22(3)4)37-34-38-31-18-12-26(21-41(31)39-34)24-9-15-28(16-10-24)36-32(42)19-23-7-13-27(35)14-8-23/h7-18,20-22H,5-6,19H2,1-4H3,(H,36,42)(H,37,39). The van der Waals surface area contributed by atoms with Gasteiger partial charge in [-0.15, -0.1) is 5.10 Å². The number of pyridine rings is 1. The first kappa shape index (κ1) is 30.2. The van der Waals surface area contributed by atoms with Crippen LogP contribution >= 0.6 is 0 Å². The number of hydrogen-bond donors (Lipinski definition) is 2. The van der Waals surface area contributed by atoms with Crippen LogP contribution in [0.2, 0.25) is 0 Å². The SMILES string of the molecule is CCN(CC)C(=O)c1ccc(Nc2nc3ccc(-c4ccc(NC(=O)Cc5ccc(F)cc5)cc4)cn3n2)c(OC(C)C)c1. The van der Waals surface area contributed by atoms with E-state index in [0.717, 1.165) is 16.7 Å². The van der Waals surface area contributed by atoms with Gasteiger partial charge in [-0.1, -0.05) is 24.3 Å². The smallest absolute Gasteiger partial charge is 0.253 e. The van der Waals surface area contributed by atoms with Gasteiger partial charge in [-0.2, -0.15) is 4.98 Å². The minimum Gasteiger partial charge on any atom is -0.489 e. The summed E-state index contributed by atoms with van der Waals surface area (Å²) in [7, 11) is 0. The van der Waals surface area contributed by atoms with Gasteiger partial charge < -0.3 is 20.3 Å². The molecule has 0 spiro atoms. The molecular formula is C34H35FN6O3. The number of ether oxygens (including phenoxy) is 1. The van der Waals surface area contributed by atoms with Gasteiger partial charge in [0.05, 0.1) is 18.2 Å². The van der Waals surface area contributed by atoms with Crippen LogP contribution in [-0.4, -0.2) is 50.5 Å². The van der Waals surface area contributed by atoms with E-state index in [-0.39, 0.29) is 30.2 Å². The van der Waals surface area contributed by atoms with E-state index in [0.29, 0.717) is 47.4 Å². The molecule has 0 radical (unpaired) electrons. The number of nitrogens with zero attached hydrogens (tertiary/aromatic N) is 4. The number of amides is 2. The van der Waals surface area contributed by atoms with Crippen LogP contribution < -0.4 is 15.4 Å². The quantitative estimate of drug-likeness (QED) is 0.176. The molecule has 0 atom stereocenters. The highest BCUT2D eigenvalue weighted by atomic mass is 19.1. The second kappa shape index (κ2) is 13.4. The van der Waals surface area contributed by atoms with E-state index in [1.54, 1.807) is 33.7 Å². The van der Waals surface area contributed by atoms with E-state index in [4.69, 9.17) is 4.74 Å². The number of rotatable bonds is 11. The normalized spacial score (nSPS) is 11.0. The van der Waals surface area contributed by atoms with Crippen LogP contribution in [0.3, 0.4) is 0 Å². The third kappa shape index (κ3) is 7.20. The van der Waals surface area contributed by atoms with Gasteiger partial charge in [0.2, 0.25) is 11.9 Å². The van der Waals surface area contributed by atoms with Crippen LogP contribution in [0.15, 0.2) is 85.1 Å². The Hall–Kier alpha value is -5.25. The summed E-state index contributed by atoms with van der Waals surface area (Å²) in [5.41, 5.74) is 5.13. The number of aromatic nitrogens is 3. The van der Waals surface area contributed by atoms with Gasteiger partial charge in [0, 0.05) is 36.1 Å². The highest BCUT2D eigenvalue weighted by molar-refractivity contribution is 5.95. The molecule has 226 valence electrons. The summed E-state index contributed by atoms with van der Waals surface area (Å²) in [6.45, 7) is 9.03. The van der Waals surface area contributed by atoms with Crippen molar-refractivity contribution in [1.29, 1.82) is 0 Å². The zero-order chi connectivity index (χ0) is 31.2. The molecule has 5 aromatic rings. The maximum Gasteiger partial charge on any atom is 0.253 e. The van der Waals surface area contributed by atoms with Gasteiger partial charge in [0.15, 0.2) is 5.65 Å². The summed E-state index contributed by atoms with van der Waals surface area (Å²) in [6, 6.07) is 22.6. The number of benzene rings is 3. The number of hydrogen-bond acceptors (Lipinski definition) is 6. The molecule has 5 rings (SSSR count). The van der Waals surface area contributed by atoms with Gasteiger partial charge in [0.1, 0.15) is 11.6 Å². The minimum absolute atomic E-state index is 0.0473. The molecule has 0 aliphatic rings. The van der Waals surface area contributed by atoms with Crippen LogP contribution in [0.4, 0.5) is 21.7 Å². The summed E-state index contributed by atoms with van der Waals surface area (Å²) >= 11 is 0. The second-order valence-electron chi connectivity index (χ2n) is 10.6. The fraction of sp³-hybridized carbons (Fsp3) is 0.235. The van der Waals surface area contributed by atoms with Crippen LogP contribution in [-0.2, 0) is 11.2 Å². The molecule has 2 aromatic heterocycles. The zero-order valence-corrected chi connectivity index (χ0v) is 25.2. The number of anilines is 3. The molecule has 0 fully saturated rings. The molecule has 3 aromatic carbocycles. The van der Waals surface area contributed by atoms with Crippen LogP contribution in [0.25, 0.3) is 16.8 Å². The van der Waals surface area contributed by atoms with Gasteiger partial charge >= 0.3 is 0 Å². The number of fused-ring (bicyclic) bond motifs is 1. The lowest BCUT2D eigenvalue weighted by atomic mass is 10.1. The van der Waals surface area contributed by atoms with E-state index in [1.807, 2.05) is 76.4 Å². The number of nitrogens with one attached hydrogen (secondary N) is 2. The highest BCUT2D eigenvalue weighted by Gasteiger charge is 2.17. The Morgan fingerprint density at radius 2 is 1.64 bits per heavy atom. The van der Waals surface area contributed by atoms with E-state index in [1.165, 1.54) is 12.1 Å². The molecule has 2 N–H and O–H groups in total. The Labute approximate surface area is 255 Å². The molecule has 0 aliphatic carbocycles. The number of carbonyl (C=O) groups excluding carboxylic acids is 2. The summed E-state index contributed by atoms with van der Waals surface area (Å²) < 4.78 is 20.9. The minimum atomic E-state index is -0.332. The fourth-order valence-electron chi connectivity index (χ4n) is 4.77. The van der Waals surface area contributed by atoms with Crippen molar-refractivity contribution in [2.24, 2.45) is 0 Å². The molecule has 0 bridgehead atoms. The monoisotopic (exact) mass is 594 g/mol. The lowest BCUT2D eigenvalue weighted by Crippen LogP contribution is -2.30. The van der Waals surface area contributed by atoms with E-state index >= 15 is 0 Å². The van der Waals surface area contributed by atoms with Crippen molar-refractivity contribution in [3.05, 3.63) is 102 Å². The first-order valence-corrected chi connectivity index (χ1v) is 14.6. The third-order valence-corrected chi connectivity index (χ3v) is 7.00. The Bertz CT molecular complexity index is 1760. The van der Waals surface area contributed by atoms with Crippen LogP contribution in [0, 0.1) is 5.82 Å². The lowest BCUT2D eigenvalue weighted by Gasteiger charge is -2.20. The largest absolute Gasteiger partial charge is 0.489 e. The summed E-state index contributed by atoms with van der Waals surface area (Å²) in [5.74, 6) is 0.372. The van der Waals surface area contributed by atoms with Crippen LogP contribution in [0.5, 0.6) is 5.75 Å². The average Bonchev–Trinajstić information content (AvgIpc) is 3.41. The molecule has 2 amide bonds. The van der Waals surface area contributed by atoms with Gasteiger partial charge in [-0.05, 0) is 93.4 Å². The number of carbonyl (C=O) groups is 2. The Morgan fingerprint density at radius 1 is 0.932 bits per heavy atom. The van der Waals surface area contributed by atoms with Gasteiger partial charge in [-0.3, -0.25) is 9.59 Å². The topological polar surface area (TPSA) is 101 Å². The molecule has 2 heterocycles. The molecule has 0 saturated carbocycles. The van der Waals surface area contributed by atoms with Crippen molar-refractivity contribution in [2.45, 2.75) is 40.2 Å². The van der Waals surface area contributed by atoms with Crippen molar-refractivity contribution in [2.75, 3.05) is 23.7 Å². The Kier molecular flexibility index (Phi) is 9.18. The number of halogens is 1. The second-order valence-corrected chi connectivity index (χ2v) is 10.6. The lowest BCUT2D eigenvalue weighted by molar-refractivity contribution is -0.115. The molecule has 0 aliphatic heterocycles. The van der Waals surface area contributed by atoms with Gasteiger partial charge in [-0.25, -0.2) is 8.91 Å². The predicted octanol–water partition coefficient (Wildman–Crippen LogP) is 6.73. The molecule has 0 unspecified atom stereocenters. The van der Waals surface area contributed by atoms with Crippen molar-refractivity contribution in [1.82, 2.24) is 19.5 Å². The third-order valence-electron chi connectivity index (χ3n) is 7.00. The predicted molar refractivity (Wildman–Crippen MR) is 170 cm³/mol. The summed E-state index contributed by atoms with van der Waals surface area (Å²) in [4.78, 5) is 31.7. The fourth-order valence-corrected chi connectivity index (χ4v) is 4.77. The molecule has 44 heavy (non-hydrogen) atoms. The molecule has 0 saturated heterocycles. The van der Waals surface area contributed by atoms with E-state index in [2.05, 4.69) is 20.7 Å². The Morgan fingerprint density at radius 3 is 2.32 bits per heavy atom. The maximum absolute atomic E-state index is 13.1. The van der Waals surface area contributed by atoms with E-state index in [9.17, 15) is 14.0 Å².